The van der Waals surface area contributed by atoms with Crippen molar-refractivity contribution in [1.82, 2.24) is 5.32 Å². The fraction of sp³-hybridized carbons (Fsp3) is 0.357. The van der Waals surface area contributed by atoms with Gasteiger partial charge in [0.2, 0.25) is 5.91 Å². The van der Waals surface area contributed by atoms with Crippen LogP contribution in [0.5, 0.6) is 0 Å². The maximum atomic E-state index is 12.6. The maximum absolute atomic E-state index is 12.6. The molecule has 2 N–H and O–H groups in total. The van der Waals surface area contributed by atoms with Gasteiger partial charge in [0.15, 0.2) is 0 Å². The molecule has 0 unspecified atom stereocenters. The smallest absolute Gasteiger partial charge is 0.416 e. The van der Waals surface area contributed by atoms with Crippen molar-refractivity contribution in [2.45, 2.75) is 31.5 Å². The largest absolute Gasteiger partial charge is 0.480 e. The summed E-state index contributed by atoms with van der Waals surface area (Å²) >= 11 is 0. The van der Waals surface area contributed by atoms with Crippen LogP contribution in [-0.4, -0.2) is 23.0 Å². The Balaban J connectivity index is 2.72. The second-order valence-electron chi connectivity index (χ2n) is 4.53. The molecule has 1 aromatic carbocycles. The number of carbonyl (C=O) groups is 2. The van der Waals surface area contributed by atoms with Crippen molar-refractivity contribution in [1.29, 1.82) is 5.26 Å². The molecule has 0 radical (unpaired) electrons. The third kappa shape index (κ3) is 5.44. The number of nitrogens with zero attached hydrogens (tertiary/aromatic N) is 1. The first-order valence-electron chi connectivity index (χ1n) is 6.29. The zero-order chi connectivity index (χ0) is 16.8. The Bertz CT molecular complexity index is 594. The summed E-state index contributed by atoms with van der Waals surface area (Å²) in [6.45, 7) is 0. The Morgan fingerprint density at radius 2 is 2.05 bits per heavy atom. The minimum Gasteiger partial charge on any atom is -0.480 e. The molecule has 1 amide bonds. The summed E-state index contributed by atoms with van der Waals surface area (Å²) in [6, 6.07) is 4.77. The molecule has 0 saturated heterocycles. The summed E-state index contributed by atoms with van der Waals surface area (Å²) in [6.07, 6.45) is -5.01. The number of alkyl halides is 3. The molecule has 118 valence electrons. The highest BCUT2D eigenvalue weighted by atomic mass is 19.4. The van der Waals surface area contributed by atoms with Gasteiger partial charge in [-0.2, -0.15) is 18.4 Å². The van der Waals surface area contributed by atoms with Gasteiger partial charge in [-0.1, -0.05) is 18.2 Å². The molecule has 1 atom stereocenters. The van der Waals surface area contributed by atoms with E-state index < -0.39 is 29.7 Å². The van der Waals surface area contributed by atoms with Crippen LogP contribution < -0.4 is 5.32 Å². The van der Waals surface area contributed by atoms with E-state index in [1.807, 2.05) is 0 Å². The first-order chi connectivity index (χ1) is 10.2. The van der Waals surface area contributed by atoms with Gasteiger partial charge in [0.1, 0.15) is 6.04 Å². The Labute approximate surface area is 124 Å². The molecule has 8 heteroatoms. The van der Waals surface area contributed by atoms with Crippen molar-refractivity contribution in [3.8, 4) is 6.07 Å². The van der Waals surface area contributed by atoms with Crippen LogP contribution in [0.4, 0.5) is 13.2 Å². The number of rotatable bonds is 6. The van der Waals surface area contributed by atoms with Crippen molar-refractivity contribution in [3.05, 3.63) is 35.4 Å². The van der Waals surface area contributed by atoms with Crippen molar-refractivity contribution >= 4 is 11.9 Å². The number of carboxylic acids is 1. The van der Waals surface area contributed by atoms with Gasteiger partial charge in [0.25, 0.3) is 0 Å². The zero-order valence-electron chi connectivity index (χ0n) is 11.4. The average molecular weight is 314 g/mol. The van der Waals surface area contributed by atoms with E-state index in [9.17, 15) is 22.8 Å². The molecule has 0 aliphatic heterocycles. The quantitative estimate of drug-likeness (QED) is 0.841. The summed E-state index contributed by atoms with van der Waals surface area (Å²) in [4.78, 5) is 22.6. The van der Waals surface area contributed by atoms with Gasteiger partial charge in [0.05, 0.1) is 18.1 Å². The molecule has 0 bridgehead atoms. The van der Waals surface area contributed by atoms with Gasteiger partial charge in [-0.3, -0.25) is 4.79 Å². The molecule has 1 rings (SSSR count). The number of benzene rings is 1. The fourth-order valence-corrected chi connectivity index (χ4v) is 1.75. The standard InChI is InChI=1S/C14H13F3N2O3/c15-14(16,17)10-4-1-3-9(7-10)8-12(20)19-11(13(21)22)5-2-6-18/h1,3-4,7,11H,2,5,8H2,(H,19,20)(H,21,22)/t11-/m1/s1. The van der Waals surface area contributed by atoms with E-state index in [1.165, 1.54) is 12.1 Å². The van der Waals surface area contributed by atoms with Gasteiger partial charge in [-0.25, -0.2) is 4.79 Å². The van der Waals surface area contributed by atoms with E-state index in [2.05, 4.69) is 5.32 Å². The Morgan fingerprint density at radius 3 is 2.59 bits per heavy atom. The van der Waals surface area contributed by atoms with E-state index in [-0.39, 0.29) is 24.8 Å². The number of amides is 1. The third-order valence-electron chi connectivity index (χ3n) is 2.80. The molecule has 0 spiro atoms. The van der Waals surface area contributed by atoms with Crippen LogP contribution >= 0.6 is 0 Å². The summed E-state index contributed by atoms with van der Waals surface area (Å²) in [5, 5.41) is 19.5. The van der Waals surface area contributed by atoms with Crippen LogP contribution in [0.15, 0.2) is 24.3 Å². The number of hydrogen-bond donors (Lipinski definition) is 2. The highest BCUT2D eigenvalue weighted by molar-refractivity contribution is 5.84. The van der Waals surface area contributed by atoms with Crippen LogP contribution in [-0.2, 0) is 22.2 Å². The minimum absolute atomic E-state index is 0.0548. The molecule has 1 aromatic rings. The molecule has 0 aliphatic rings. The summed E-state index contributed by atoms with van der Waals surface area (Å²) in [5.41, 5.74) is -0.756. The molecular formula is C14H13F3N2O3. The van der Waals surface area contributed by atoms with Gasteiger partial charge in [-0.15, -0.1) is 0 Å². The number of halogens is 3. The van der Waals surface area contributed by atoms with Crippen molar-refractivity contribution in [3.63, 3.8) is 0 Å². The second kappa shape index (κ2) is 7.45. The predicted octanol–water partition coefficient (Wildman–Crippen LogP) is 2.12. The van der Waals surface area contributed by atoms with Gasteiger partial charge < -0.3 is 10.4 Å². The molecule has 0 saturated carbocycles. The third-order valence-corrected chi connectivity index (χ3v) is 2.80. The van der Waals surface area contributed by atoms with Crippen LogP contribution in [0.1, 0.15) is 24.0 Å². The van der Waals surface area contributed by atoms with Crippen molar-refractivity contribution in [2.24, 2.45) is 0 Å². The lowest BCUT2D eigenvalue weighted by molar-refractivity contribution is -0.141. The van der Waals surface area contributed by atoms with E-state index in [0.717, 1.165) is 12.1 Å². The summed E-state index contributed by atoms with van der Waals surface area (Å²) in [5.74, 6) is -2.02. The second-order valence-corrected chi connectivity index (χ2v) is 4.53. The highest BCUT2D eigenvalue weighted by Gasteiger charge is 2.30. The number of carboxylic acid groups (broad SMARTS) is 1. The molecular weight excluding hydrogens is 301 g/mol. The molecule has 5 nitrogen and oxygen atoms in total. The zero-order valence-corrected chi connectivity index (χ0v) is 11.4. The molecule has 0 fully saturated rings. The van der Waals surface area contributed by atoms with Crippen LogP contribution in [0.25, 0.3) is 0 Å². The Hall–Kier alpha value is -2.56. The van der Waals surface area contributed by atoms with E-state index in [4.69, 9.17) is 10.4 Å². The monoisotopic (exact) mass is 314 g/mol. The first-order valence-corrected chi connectivity index (χ1v) is 6.29. The van der Waals surface area contributed by atoms with Crippen molar-refractivity contribution < 1.29 is 27.9 Å². The van der Waals surface area contributed by atoms with E-state index in [0.29, 0.717) is 0 Å². The number of hydrogen-bond acceptors (Lipinski definition) is 3. The fourth-order valence-electron chi connectivity index (χ4n) is 1.75. The van der Waals surface area contributed by atoms with Gasteiger partial charge in [-0.05, 0) is 18.1 Å². The van der Waals surface area contributed by atoms with Crippen LogP contribution in [0, 0.1) is 11.3 Å². The number of nitriles is 1. The summed E-state index contributed by atoms with van der Waals surface area (Å²) < 4.78 is 37.7. The van der Waals surface area contributed by atoms with Crippen LogP contribution in [0.2, 0.25) is 0 Å². The average Bonchev–Trinajstić information content (AvgIpc) is 2.42. The first kappa shape index (κ1) is 17.5. The van der Waals surface area contributed by atoms with Crippen molar-refractivity contribution in [2.75, 3.05) is 0 Å². The topological polar surface area (TPSA) is 90.2 Å². The SMILES string of the molecule is N#CCC[C@@H](NC(=O)Cc1cccc(C(F)(F)F)c1)C(=O)O. The Kier molecular flexibility index (Phi) is 5.92. The highest BCUT2D eigenvalue weighted by Crippen LogP contribution is 2.29. The van der Waals surface area contributed by atoms with E-state index in [1.54, 1.807) is 6.07 Å². The maximum Gasteiger partial charge on any atom is 0.416 e. The molecule has 0 aliphatic carbocycles. The number of nitrogens with one attached hydrogen (secondary N) is 1. The van der Waals surface area contributed by atoms with Gasteiger partial charge in [0, 0.05) is 6.42 Å². The lowest BCUT2D eigenvalue weighted by atomic mass is 10.1. The number of aliphatic carboxylic acids is 1. The number of carbonyl (C=O) groups excluding carboxylic acids is 1. The van der Waals surface area contributed by atoms with Gasteiger partial charge >= 0.3 is 12.1 Å². The molecule has 22 heavy (non-hydrogen) atoms. The van der Waals surface area contributed by atoms with E-state index >= 15 is 0 Å². The predicted molar refractivity (Wildman–Crippen MR) is 69.6 cm³/mol. The Morgan fingerprint density at radius 1 is 1.36 bits per heavy atom. The molecule has 0 aromatic heterocycles. The lowest BCUT2D eigenvalue weighted by Crippen LogP contribution is -2.41. The molecule has 0 heterocycles. The lowest BCUT2D eigenvalue weighted by Gasteiger charge is -2.13. The van der Waals surface area contributed by atoms with Crippen LogP contribution in [0.3, 0.4) is 0 Å². The minimum atomic E-state index is -4.51. The summed E-state index contributed by atoms with van der Waals surface area (Å²) in [7, 11) is 0. The normalized spacial score (nSPS) is 12.3.